The van der Waals surface area contributed by atoms with Gasteiger partial charge >= 0.3 is 0 Å². The van der Waals surface area contributed by atoms with Gasteiger partial charge in [0.25, 0.3) is 5.91 Å². The number of hydrogen-bond donors (Lipinski definition) is 1. The molecule has 0 spiro atoms. The predicted octanol–water partition coefficient (Wildman–Crippen LogP) is 5.26. The fourth-order valence-electron chi connectivity index (χ4n) is 2.41. The van der Waals surface area contributed by atoms with Crippen molar-refractivity contribution in [2.75, 3.05) is 11.9 Å². The molecule has 1 aromatic heterocycles. The number of aromatic nitrogens is 1. The first kappa shape index (κ1) is 17.4. The number of nitrogens with zero attached hydrogens (tertiary/aromatic N) is 1. The predicted molar refractivity (Wildman–Crippen MR) is 99.0 cm³/mol. The summed E-state index contributed by atoms with van der Waals surface area (Å²) >= 11 is 1.24. The van der Waals surface area contributed by atoms with Crippen LogP contribution in [0.4, 0.5) is 9.52 Å². The van der Waals surface area contributed by atoms with Gasteiger partial charge in [0.1, 0.15) is 17.1 Å². The molecule has 0 saturated carbocycles. The molecule has 25 heavy (non-hydrogen) atoms. The summed E-state index contributed by atoms with van der Waals surface area (Å²) in [5.74, 6) is -0.0192. The summed E-state index contributed by atoms with van der Waals surface area (Å²) in [5, 5.41) is 3.10. The van der Waals surface area contributed by atoms with E-state index in [1.165, 1.54) is 17.4 Å². The second kappa shape index (κ2) is 8.07. The largest absolute Gasteiger partial charge is 0.494 e. The third kappa shape index (κ3) is 4.33. The van der Waals surface area contributed by atoms with Gasteiger partial charge in [0.15, 0.2) is 5.13 Å². The highest BCUT2D eigenvalue weighted by molar-refractivity contribution is 7.22. The Morgan fingerprint density at radius 3 is 2.88 bits per heavy atom. The van der Waals surface area contributed by atoms with Gasteiger partial charge in [-0.05, 0) is 36.8 Å². The maximum atomic E-state index is 13.7. The number of ether oxygens (including phenoxy) is 1. The van der Waals surface area contributed by atoms with Crippen LogP contribution in [0.2, 0.25) is 0 Å². The average molecular weight is 358 g/mol. The smallest absolute Gasteiger partial charge is 0.257 e. The zero-order valence-electron chi connectivity index (χ0n) is 13.9. The summed E-state index contributed by atoms with van der Waals surface area (Å²) in [5.41, 5.74) is 0.753. The summed E-state index contributed by atoms with van der Waals surface area (Å²) < 4.78 is 20.1. The average Bonchev–Trinajstić information content (AvgIpc) is 3.03. The molecule has 4 nitrogen and oxygen atoms in total. The minimum absolute atomic E-state index is 0.274. The Balaban J connectivity index is 1.68. The number of carbonyl (C=O) groups is 1. The molecule has 1 heterocycles. The van der Waals surface area contributed by atoms with Gasteiger partial charge in [0, 0.05) is 5.56 Å². The maximum absolute atomic E-state index is 13.7. The molecule has 0 bridgehead atoms. The van der Waals surface area contributed by atoms with E-state index < -0.39 is 5.82 Å². The Hall–Kier alpha value is -2.47. The molecule has 0 radical (unpaired) electrons. The molecule has 1 N–H and O–H groups in total. The second-order valence-electron chi connectivity index (χ2n) is 5.64. The van der Waals surface area contributed by atoms with E-state index in [4.69, 9.17) is 4.74 Å². The SMILES string of the molecule is CCCCCOc1cccc(C(=O)Nc2nc3c(F)cccc3s2)c1. The van der Waals surface area contributed by atoms with Gasteiger partial charge in [0.2, 0.25) is 0 Å². The van der Waals surface area contributed by atoms with Crippen molar-refractivity contribution in [2.24, 2.45) is 0 Å². The van der Waals surface area contributed by atoms with Gasteiger partial charge in [-0.3, -0.25) is 10.1 Å². The van der Waals surface area contributed by atoms with Crippen molar-refractivity contribution in [1.82, 2.24) is 4.98 Å². The Kier molecular flexibility index (Phi) is 5.60. The Bertz CT molecular complexity index is 879. The Morgan fingerprint density at radius 1 is 1.24 bits per heavy atom. The number of benzene rings is 2. The van der Waals surface area contributed by atoms with Crippen LogP contribution in [0.25, 0.3) is 10.2 Å². The van der Waals surface area contributed by atoms with Crippen LogP contribution >= 0.6 is 11.3 Å². The Labute approximate surface area is 149 Å². The van der Waals surface area contributed by atoms with Crippen LogP contribution in [0.1, 0.15) is 36.5 Å². The minimum atomic E-state index is -0.392. The molecule has 0 aliphatic rings. The monoisotopic (exact) mass is 358 g/mol. The van der Waals surface area contributed by atoms with Crippen LogP contribution in [0.15, 0.2) is 42.5 Å². The molecule has 0 unspecified atom stereocenters. The van der Waals surface area contributed by atoms with Crippen LogP contribution in [0.5, 0.6) is 5.75 Å². The highest BCUT2D eigenvalue weighted by Gasteiger charge is 2.12. The van der Waals surface area contributed by atoms with Gasteiger partial charge in [-0.15, -0.1) is 0 Å². The molecule has 2 aromatic carbocycles. The van der Waals surface area contributed by atoms with Crippen molar-refractivity contribution in [2.45, 2.75) is 26.2 Å². The van der Waals surface area contributed by atoms with E-state index >= 15 is 0 Å². The molecule has 1 amide bonds. The molecule has 130 valence electrons. The number of anilines is 1. The fourth-order valence-corrected chi connectivity index (χ4v) is 3.28. The van der Waals surface area contributed by atoms with Gasteiger partial charge in [-0.2, -0.15) is 0 Å². The van der Waals surface area contributed by atoms with Crippen molar-refractivity contribution in [3.63, 3.8) is 0 Å². The number of halogens is 1. The van der Waals surface area contributed by atoms with Crippen LogP contribution in [-0.2, 0) is 0 Å². The minimum Gasteiger partial charge on any atom is -0.494 e. The van der Waals surface area contributed by atoms with Crippen LogP contribution in [0, 0.1) is 5.82 Å². The van der Waals surface area contributed by atoms with Crippen molar-refractivity contribution >= 4 is 32.6 Å². The van der Waals surface area contributed by atoms with E-state index in [9.17, 15) is 9.18 Å². The summed E-state index contributed by atoms with van der Waals surface area (Å²) in [4.78, 5) is 16.6. The number of hydrogen-bond acceptors (Lipinski definition) is 4. The normalized spacial score (nSPS) is 10.8. The number of unbranched alkanes of at least 4 members (excludes halogenated alkanes) is 2. The first-order chi connectivity index (χ1) is 12.2. The topological polar surface area (TPSA) is 51.2 Å². The zero-order valence-corrected chi connectivity index (χ0v) is 14.7. The van der Waals surface area contributed by atoms with Gasteiger partial charge in [0.05, 0.1) is 11.3 Å². The highest BCUT2D eigenvalue weighted by atomic mass is 32.1. The maximum Gasteiger partial charge on any atom is 0.257 e. The molecule has 6 heteroatoms. The van der Waals surface area contributed by atoms with Crippen LogP contribution in [0.3, 0.4) is 0 Å². The van der Waals surface area contributed by atoms with E-state index in [2.05, 4.69) is 17.2 Å². The first-order valence-electron chi connectivity index (χ1n) is 8.26. The summed E-state index contributed by atoms with van der Waals surface area (Å²) in [6.45, 7) is 2.77. The summed E-state index contributed by atoms with van der Waals surface area (Å²) in [6, 6.07) is 11.8. The van der Waals surface area contributed by atoms with Crippen molar-refractivity contribution < 1.29 is 13.9 Å². The van der Waals surface area contributed by atoms with Gasteiger partial charge in [-0.1, -0.05) is 43.2 Å². The molecule has 0 atom stereocenters. The lowest BCUT2D eigenvalue weighted by molar-refractivity contribution is 0.102. The second-order valence-corrected chi connectivity index (χ2v) is 6.67. The molecular formula is C19H19FN2O2S. The van der Waals surface area contributed by atoms with E-state index in [0.29, 0.717) is 27.8 Å². The molecule has 0 aliphatic carbocycles. The summed E-state index contributed by atoms with van der Waals surface area (Å²) in [7, 11) is 0. The molecular weight excluding hydrogens is 339 g/mol. The quantitative estimate of drug-likeness (QED) is 0.586. The van der Waals surface area contributed by atoms with Crippen molar-refractivity contribution in [1.29, 1.82) is 0 Å². The Morgan fingerprint density at radius 2 is 2.08 bits per heavy atom. The number of thiazole rings is 1. The van der Waals surface area contributed by atoms with Gasteiger partial charge < -0.3 is 4.74 Å². The van der Waals surface area contributed by atoms with Crippen LogP contribution in [-0.4, -0.2) is 17.5 Å². The molecule has 3 aromatic rings. The molecule has 3 rings (SSSR count). The number of para-hydroxylation sites is 1. The third-order valence-electron chi connectivity index (χ3n) is 3.70. The van der Waals surface area contributed by atoms with Crippen molar-refractivity contribution in [3.05, 3.63) is 53.8 Å². The van der Waals surface area contributed by atoms with E-state index in [1.54, 1.807) is 30.3 Å². The zero-order chi connectivity index (χ0) is 17.6. The van der Waals surface area contributed by atoms with Crippen molar-refractivity contribution in [3.8, 4) is 5.75 Å². The number of fused-ring (bicyclic) bond motifs is 1. The number of amides is 1. The fraction of sp³-hybridized carbons (Fsp3) is 0.263. The first-order valence-corrected chi connectivity index (χ1v) is 9.08. The van der Waals surface area contributed by atoms with E-state index in [-0.39, 0.29) is 11.4 Å². The lowest BCUT2D eigenvalue weighted by Crippen LogP contribution is -2.11. The number of rotatable bonds is 7. The molecule has 0 saturated heterocycles. The standard InChI is InChI=1S/C19H19FN2O2S/c1-2-3-4-11-24-14-8-5-7-13(12-14)18(23)22-19-21-17-15(20)9-6-10-16(17)25-19/h5-10,12H,2-4,11H2,1H3,(H,21,22,23). The summed E-state index contributed by atoms with van der Waals surface area (Å²) in [6.07, 6.45) is 3.24. The third-order valence-corrected chi connectivity index (χ3v) is 4.64. The highest BCUT2D eigenvalue weighted by Crippen LogP contribution is 2.28. The lowest BCUT2D eigenvalue weighted by Gasteiger charge is -2.07. The number of nitrogens with one attached hydrogen (secondary N) is 1. The van der Waals surface area contributed by atoms with E-state index in [0.717, 1.165) is 19.3 Å². The van der Waals surface area contributed by atoms with Crippen LogP contribution < -0.4 is 10.1 Å². The van der Waals surface area contributed by atoms with Gasteiger partial charge in [-0.25, -0.2) is 9.37 Å². The molecule has 0 fully saturated rings. The van der Waals surface area contributed by atoms with E-state index in [1.807, 2.05) is 6.07 Å². The number of carbonyl (C=O) groups excluding carboxylic acids is 1. The lowest BCUT2D eigenvalue weighted by atomic mass is 10.2. The molecule has 0 aliphatic heterocycles.